The zero-order valence-electron chi connectivity index (χ0n) is 13.3. The molecule has 1 heterocycles. The molecular formula is C18H24N2O. The average Bonchev–Trinajstić information content (AvgIpc) is 2.42. The predicted molar refractivity (Wildman–Crippen MR) is 86.9 cm³/mol. The van der Waals surface area contributed by atoms with Crippen LogP contribution in [-0.2, 0) is 11.8 Å². The van der Waals surface area contributed by atoms with Crippen molar-refractivity contribution in [3.63, 3.8) is 0 Å². The number of nitrogens with zero attached hydrogens (tertiary/aromatic N) is 1. The Morgan fingerprint density at radius 3 is 2.57 bits per heavy atom. The molecule has 3 nitrogen and oxygen atoms in total. The van der Waals surface area contributed by atoms with Gasteiger partial charge in [-0.25, -0.2) is 4.98 Å². The van der Waals surface area contributed by atoms with Gasteiger partial charge in [-0.2, -0.15) is 0 Å². The molecule has 0 amide bonds. The fraction of sp³-hybridized carbons (Fsp3) is 0.389. The molecule has 0 saturated heterocycles. The van der Waals surface area contributed by atoms with Gasteiger partial charge in [-0.15, -0.1) is 0 Å². The molecule has 0 aliphatic heterocycles. The van der Waals surface area contributed by atoms with Gasteiger partial charge in [-0.05, 0) is 54.6 Å². The molecule has 21 heavy (non-hydrogen) atoms. The first kappa shape index (κ1) is 15.5. The monoisotopic (exact) mass is 284 g/mol. The molecule has 0 atom stereocenters. The minimum Gasteiger partial charge on any atom is -0.439 e. The van der Waals surface area contributed by atoms with E-state index in [0.29, 0.717) is 12.4 Å². The van der Waals surface area contributed by atoms with Crippen molar-refractivity contribution >= 4 is 0 Å². The SMILES string of the molecule is Cc1cc(CCN)cnc1Oc1cccc(C(C)(C)C)c1. The van der Waals surface area contributed by atoms with Crippen molar-refractivity contribution in [3.05, 3.63) is 53.2 Å². The molecule has 0 unspecified atom stereocenters. The van der Waals surface area contributed by atoms with Crippen molar-refractivity contribution in [1.82, 2.24) is 4.98 Å². The predicted octanol–water partition coefficient (Wildman–Crippen LogP) is 3.98. The molecule has 0 fully saturated rings. The van der Waals surface area contributed by atoms with Gasteiger partial charge in [0.25, 0.3) is 0 Å². The Labute approximate surface area is 127 Å². The summed E-state index contributed by atoms with van der Waals surface area (Å²) < 4.78 is 5.94. The topological polar surface area (TPSA) is 48.1 Å². The minimum atomic E-state index is 0.104. The Morgan fingerprint density at radius 1 is 1.19 bits per heavy atom. The maximum atomic E-state index is 5.94. The van der Waals surface area contributed by atoms with Crippen LogP contribution in [0.2, 0.25) is 0 Å². The number of rotatable bonds is 4. The van der Waals surface area contributed by atoms with E-state index in [4.69, 9.17) is 10.5 Å². The average molecular weight is 284 g/mol. The number of nitrogens with two attached hydrogens (primary N) is 1. The zero-order chi connectivity index (χ0) is 15.5. The van der Waals surface area contributed by atoms with Crippen LogP contribution in [0.25, 0.3) is 0 Å². The third-order valence-corrected chi connectivity index (χ3v) is 3.43. The summed E-state index contributed by atoms with van der Waals surface area (Å²) in [6.45, 7) is 9.22. The van der Waals surface area contributed by atoms with Crippen LogP contribution >= 0.6 is 0 Å². The number of aryl methyl sites for hydroxylation is 1. The Kier molecular flexibility index (Phi) is 4.63. The Bertz CT molecular complexity index is 615. The van der Waals surface area contributed by atoms with E-state index in [1.807, 2.05) is 25.3 Å². The highest BCUT2D eigenvalue weighted by Crippen LogP contribution is 2.29. The summed E-state index contributed by atoms with van der Waals surface area (Å²) in [5, 5.41) is 0. The molecule has 2 N–H and O–H groups in total. The number of aromatic nitrogens is 1. The van der Waals surface area contributed by atoms with Gasteiger partial charge in [-0.1, -0.05) is 32.9 Å². The number of ether oxygens (including phenoxy) is 1. The van der Waals surface area contributed by atoms with Gasteiger partial charge in [-0.3, -0.25) is 0 Å². The van der Waals surface area contributed by atoms with Crippen LogP contribution in [0.3, 0.4) is 0 Å². The molecule has 0 saturated carbocycles. The second kappa shape index (κ2) is 6.27. The second-order valence-corrected chi connectivity index (χ2v) is 6.38. The Balaban J connectivity index is 2.22. The van der Waals surface area contributed by atoms with Crippen molar-refractivity contribution in [1.29, 1.82) is 0 Å². The summed E-state index contributed by atoms with van der Waals surface area (Å²) in [6.07, 6.45) is 2.68. The zero-order valence-corrected chi connectivity index (χ0v) is 13.3. The van der Waals surface area contributed by atoms with Crippen LogP contribution in [0.15, 0.2) is 36.5 Å². The fourth-order valence-electron chi connectivity index (χ4n) is 2.17. The second-order valence-electron chi connectivity index (χ2n) is 6.38. The van der Waals surface area contributed by atoms with E-state index in [2.05, 4.69) is 44.0 Å². The summed E-state index contributed by atoms with van der Waals surface area (Å²) in [6, 6.07) is 10.3. The lowest BCUT2D eigenvalue weighted by molar-refractivity contribution is 0.455. The quantitative estimate of drug-likeness (QED) is 0.923. The lowest BCUT2D eigenvalue weighted by Crippen LogP contribution is -2.10. The molecule has 3 heteroatoms. The molecule has 0 radical (unpaired) electrons. The van der Waals surface area contributed by atoms with Crippen LogP contribution < -0.4 is 10.5 Å². The van der Waals surface area contributed by atoms with Crippen LogP contribution in [0.1, 0.15) is 37.5 Å². The fourth-order valence-corrected chi connectivity index (χ4v) is 2.17. The maximum Gasteiger partial charge on any atom is 0.222 e. The van der Waals surface area contributed by atoms with Crippen LogP contribution in [0.5, 0.6) is 11.6 Å². The van der Waals surface area contributed by atoms with Crippen LogP contribution in [0, 0.1) is 6.92 Å². The lowest BCUT2D eigenvalue weighted by atomic mass is 9.87. The smallest absolute Gasteiger partial charge is 0.222 e. The van der Waals surface area contributed by atoms with Gasteiger partial charge < -0.3 is 10.5 Å². The standard InChI is InChI=1S/C18H24N2O/c1-13-10-14(8-9-19)12-20-17(13)21-16-7-5-6-15(11-16)18(2,3)4/h5-7,10-12H,8-9,19H2,1-4H3. The van der Waals surface area contributed by atoms with Crippen molar-refractivity contribution < 1.29 is 4.74 Å². The summed E-state index contributed by atoms with van der Waals surface area (Å²) in [5.41, 5.74) is 9.10. The largest absolute Gasteiger partial charge is 0.439 e. The van der Waals surface area contributed by atoms with Gasteiger partial charge in [0.1, 0.15) is 5.75 Å². The van der Waals surface area contributed by atoms with Crippen LogP contribution in [-0.4, -0.2) is 11.5 Å². The number of hydrogen-bond acceptors (Lipinski definition) is 3. The van der Waals surface area contributed by atoms with E-state index >= 15 is 0 Å². The van der Waals surface area contributed by atoms with E-state index in [1.54, 1.807) is 0 Å². The normalized spacial score (nSPS) is 11.5. The van der Waals surface area contributed by atoms with Crippen molar-refractivity contribution in [2.45, 2.75) is 39.5 Å². The molecule has 2 aromatic rings. The van der Waals surface area contributed by atoms with E-state index in [0.717, 1.165) is 23.3 Å². The van der Waals surface area contributed by atoms with Crippen molar-refractivity contribution in [2.24, 2.45) is 5.73 Å². The third kappa shape index (κ3) is 4.05. The Morgan fingerprint density at radius 2 is 1.95 bits per heavy atom. The third-order valence-electron chi connectivity index (χ3n) is 3.43. The molecule has 0 spiro atoms. The number of pyridine rings is 1. The Hall–Kier alpha value is -1.87. The molecule has 0 aliphatic carbocycles. The summed E-state index contributed by atoms with van der Waals surface area (Å²) >= 11 is 0. The molecule has 1 aromatic carbocycles. The number of hydrogen-bond donors (Lipinski definition) is 1. The van der Waals surface area contributed by atoms with E-state index in [9.17, 15) is 0 Å². The first-order valence-electron chi connectivity index (χ1n) is 7.34. The lowest BCUT2D eigenvalue weighted by Gasteiger charge is -2.19. The minimum absolute atomic E-state index is 0.104. The molecule has 112 valence electrons. The summed E-state index contributed by atoms with van der Waals surface area (Å²) in [5.74, 6) is 1.48. The van der Waals surface area contributed by atoms with E-state index in [1.165, 1.54) is 5.56 Å². The maximum absolute atomic E-state index is 5.94. The molecule has 1 aromatic heterocycles. The first-order chi connectivity index (χ1) is 9.90. The highest BCUT2D eigenvalue weighted by Gasteiger charge is 2.14. The highest BCUT2D eigenvalue weighted by molar-refractivity contribution is 5.37. The first-order valence-corrected chi connectivity index (χ1v) is 7.34. The van der Waals surface area contributed by atoms with Gasteiger partial charge in [0.15, 0.2) is 0 Å². The van der Waals surface area contributed by atoms with Gasteiger partial charge in [0, 0.05) is 11.8 Å². The van der Waals surface area contributed by atoms with Crippen molar-refractivity contribution in [3.8, 4) is 11.6 Å². The summed E-state index contributed by atoms with van der Waals surface area (Å²) in [7, 11) is 0. The van der Waals surface area contributed by atoms with E-state index in [-0.39, 0.29) is 5.41 Å². The molecule has 2 rings (SSSR count). The molecule has 0 bridgehead atoms. The number of benzene rings is 1. The van der Waals surface area contributed by atoms with Crippen LogP contribution in [0.4, 0.5) is 0 Å². The van der Waals surface area contributed by atoms with Gasteiger partial charge >= 0.3 is 0 Å². The molecular weight excluding hydrogens is 260 g/mol. The van der Waals surface area contributed by atoms with Gasteiger partial charge in [0.05, 0.1) is 0 Å². The van der Waals surface area contributed by atoms with E-state index < -0.39 is 0 Å². The van der Waals surface area contributed by atoms with Gasteiger partial charge in [0.2, 0.25) is 5.88 Å². The van der Waals surface area contributed by atoms with Crippen molar-refractivity contribution in [2.75, 3.05) is 6.54 Å². The summed E-state index contributed by atoms with van der Waals surface area (Å²) in [4.78, 5) is 4.41. The molecule has 0 aliphatic rings. The highest BCUT2D eigenvalue weighted by atomic mass is 16.5.